The van der Waals surface area contributed by atoms with Crippen molar-refractivity contribution < 1.29 is 4.74 Å². The molecule has 0 aliphatic rings. The number of rotatable bonds is 10. The molecule has 2 atom stereocenters. The van der Waals surface area contributed by atoms with Gasteiger partial charge in [0, 0.05) is 6.04 Å². The van der Waals surface area contributed by atoms with Crippen LogP contribution in [0.15, 0.2) is 18.3 Å². The quantitative estimate of drug-likeness (QED) is 0.640. The summed E-state index contributed by atoms with van der Waals surface area (Å²) in [5.41, 5.74) is 1.08. The topological polar surface area (TPSA) is 34.1 Å². The first-order valence-electron chi connectivity index (χ1n) is 8.01. The summed E-state index contributed by atoms with van der Waals surface area (Å²) >= 11 is 0. The van der Waals surface area contributed by atoms with E-state index in [4.69, 9.17) is 4.74 Å². The van der Waals surface area contributed by atoms with Crippen molar-refractivity contribution in [1.29, 1.82) is 0 Å². The van der Waals surface area contributed by atoms with Crippen LogP contribution < -0.4 is 10.1 Å². The second-order valence-electron chi connectivity index (χ2n) is 5.45. The van der Waals surface area contributed by atoms with E-state index in [2.05, 4.69) is 37.1 Å². The highest BCUT2D eigenvalue weighted by Gasteiger charge is 2.09. The molecule has 3 heteroatoms. The van der Waals surface area contributed by atoms with Gasteiger partial charge in [-0.1, -0.05) is 33.1 Å². The van der Waals surface area contributed by atoms with Gasteiger partial charge in [0.15, 0.2) is 0 Å². The van der Waals surface area contributed by atoms with E-state index in [-0.39, 0.29) is 6.10 Å². The summed E-state index contributed by atoms with van der Waals surface area (Å²) in [6, 6.07) is 4.42. The molecule has 0 amide bonds. The van der Waals surface area contributed by atoms with Crippen molar-refractivity contribution in [2.24, 2.45) is 0 Å². The van der Waals surface area contributed by atoms with E-state index in [1.54, 1.807) is 0 Å². The average Bonchev–Trinajstić information content (AvgIpc) is 2.47. The van der Waals surface area contributed by atoms with Crippen LogP contribution in [0, 0.1) is 0 Å². The maximum Gasteiger partial charge on any atom is 0.138 e. The molecule has 1 heterocycles. The highest BCUT2D eigenvalue weighted by atomic mass is 16.5. The molecule has 1 aromatic heterocycles. The fourth-order valence-corrected chi connectivity index (χ4v) is 2.38. The van der Waals surface area contributed by atoms with Crippen LogP contribution >= 0.6 is 0 Å². The Bertz CT molecular complexity index is 347. The lowest BCUT2D eigenvalue weighted by molar-refractivity contribution is 0.205. The van der Waals surface area contributed by atoms with Gasteiger partial charge in [0.2, 0.25) is 0 Å². The van der Waals surface area contributed by atoms with Gasteiger partial charge in [0.25, 0.3) is 0 Å². The Morgan fingerprint density at radius 2 is 2.00 bits per heavy atom. The van der Waals surface area contributed by atoms with Crippen LogP contribution in [0.2, 0.25) is 0 Å². The molecule has 1 aromatic rings. The molecule has 20 heavy (non-hydrogen) atoms. The summed E-state index contributed by atoms with van der Waals surface area (Å²) in [5, 5.41) is 3.26. The van der Waals surface area contributed by atoms with Crippen molar-refractivity contribution in [1.82, 2.24) is 10.3 Å². The molecule has 0 aliphatic heterocycles. The summed E-state index contributed by atoms with van der Waals surface area (Å²) < 4.78 is 5.91. The maximum absolute atomic E-state index is 5.91. The van der Waals surface area contributed by atoms with Gasteiger partial charge >= 0.3 is 0 Å². The van der Waals surface area contributed by atoms with Crippen molar-refractivity contribution in [2.45, 2.75) is 71.4 Å². The van der Waals surface area contributed by atoms with Gasteiger partial charge in [0.1, 0.15) is 5.75 Å². The summed E-state index contributed by atoms with van der Waals surface area (Å²) in [7, 11) is 1.97. The van der Waals surface area contributed by atoms with Gasteiger partial charge < -0.3 is 10.1 Å². The first kappa shape index (κ1) is 17.0. The Balaban J connectivity index is 2.40. The van der Waals surface area contributed by atoms with Crippen LogP contribution in [0.4, 0.5) is 0 Å². The minimum atomic E-state index is 0.269. The van der Waals surface area contributed by atoms with Gasteiger partial charge in [-0.15, -0.1) is 0 Å². The number of nitrogens with zero attached hydrogens (tertiary/aromatic N) is 1. The van der Waals surface area contributed by atoms with Gasteiger partial charge in [-0.05, 0) is 45.4 Å². The summed E-state index contributed by atoms with van der Waals surface area (Å²) in [6.45, 7) is 6.54. The van der Waals surface area contributed by atoms with Crippen LogP contribution in [0.3, 0.4) is 0 Å². The molecule has 1 N–H and O–H groups in total. The number of hydrogen-bond acceptors (Lipinski definition) is 3. The smallest absolute Gasteiger partial charge is 0.138 e. The normalized spacial score (nSPS) is 14.0. The average molecular weight is 278 g/mol. The summed E-state index contributed by atoms with van der Waals surface area (Å²) in [5.74, 6) is 0.877. The molecule has 0 bridgehead atoms. The zero-order valence-electron chi connectivity index (χ0n) is 13.5. The second kappa shape index (κ2) is 9.76. The van der Waals surface area contributed by atoms with Gasteiger partial charge in [-0.2, -0.15) is 0 Å². The standard InChI is InChI=1S/C17H30N2O/c1-5-7-8-9-10-14(3)20-15-11-12-17(19-13-15)16(6-2)18-4/h11-14,16,18H,5-10H2,1-4H3. The maximum atomic E-state index is 5.91. The Morgan fingerprint density at radius 3 is 2.55 bits per heavy atom. The van der Waals surface area contributed by atoms with E-state index in [0.717, 1.165) is 24.3 Å². The Kier molecular flexibility index (Phi) is 8.28. The Labute approximate surface area is 124 Å². The lowest BCUT2D eigenvalue weighted by atomic mass is 10.1. The first-order valence-corrected chi connectivity index (χ1v) is 8.01. The van der Waals surface area contributed by atoms with E-state index in [1.165, 1.54) is 25.7 Å². The number of hydrogen-bond donors (Lipinski definition) is 1. The van der Waals surface area contributed by atoms with Crippen LogP contribution in [0.25, 0.3) is 0 Å². The molecule has 0 aromatic carbocycles. The number of aromatic nitrogens is 1. The third-order valence-electron chi connectivity index (χ3n) is 3.67. The van der Waals surface area contributed by atoms with Crippen molar-refractivity contribution >= 4 is 0 Å². The molecular weight excluding hydrogens is 248 g/mol. The highest BCUT2D eigenvalue weighted by molar-refractivity contribution is 5.21. The molecule has 114 valence electrons. The number of unbranched alkanes of at least 4 members (excludes halogenated alkanes) is 3. The van der Waals surface area contributed by atoms with Gasteiger partial charge in [-0.3, -0.25) is 4.98 Å². The van der Waals surface area contributed by atoms with Crippen molar-refractivity contribution in [3.05, 3.63) is 24.0 Å². The van der Waals surface area contributed by atoms with Crippen LogP contribution in [0.5, 0.6) is 5.75 Å². The Morgan fingerprint density at radius 1 is 1.20 bits per heavy atom. The molecule has 2 unspecified atom stereocenters. The molecule has 0 radical (unpaired) electrons. The van der Waals surface area contributed by atoms with E-state index in [0.29, 0.717) is 6.04 Å². The molecule has 0 saturated carbocycles. The van der Waals surface area contributed by atoms with Crippen LogP contribution in [-0.2, 0) is 0 Å². The second-order valence-corrected chi connectivity index (χ2v) is 5.45. The summed E-state index contributed by atoms with van der Waals surface area (Å²) in [4.78, 5) is 4.50. The minimum absolute atomic E-state index is 0.269. The molecule has 0 saturated heterocycles. The number of pyridine rings is 1. The van der Waals surface area contributed by atoms with E-state index < -0.39 is 0 Å². The van der Waals surface area contributed by atoms with Crippen LogP contribution in [-0.4, -0.2) is 18.1 Å². The zero-order chi connectivity index (χ0) is 14.8. The molecule has 0 aliphatic carbocycles. The third kappa shape index (κ3) is 5.91. The fourth-order valence-electron chi connectivity index (χ4n) is 2.38. The van der Waals surface area contributed by atoms with Gasteiger partial charge in [-0.25, -0.2) is 0 Å². The van der Waals surface area contributed by atoms with E-state index >= 15 is 0 Å². The highest BCUT2D eigenvalue weighted by Crippen LogP contribution is 2.18. The predicted octanol–water partition coefficient (Wildman–Crippen LogP) is 4.49. The number of nitrogens with one attached hydrogen (secondary N) is 1. The lowest BCUT2D eigenvalue weighted by Crippen LogP contribution is -2.17. The van der Waals surface area contributed by atoms with E-state index in [1.807, 2.05) is 19.3 Å². The molecule has 1 rings (SSSR count). The number of ether oxygens (including phenoxy) is 1. The first-order chi connectivity index (χ1) is 9.71. The van der Waals surface area contributed by atoms with Crippen molar-refractivity contribution in [3.63, 3.8) is 0 Å². The van der Waals surface area contributed by atoms with Gasteiger partial charge in [0.05, 0.1) is 18.0 Å². The SMILES string of the molecule is CCCCCCC(C)Oc1ccc(C(CC)NC)nc1. The molecule has 0 spiro atoms. The fraction of sp³-hybridized carbons (Fsp3) is 0.706. The third-order valence-corrected chi connectivity index (χ3v) is 3.67. The minimum Gasteiger partial charge on any atom is -0.489 e. The van der Waals surface area contributed by atoms with E-state index in [9.17, 15) is 0 Å². The Hall–Kier alpha value is -1.09. The van der Waals surface area contributed by atoms with Crippen molar-refractivity contribution in [3.8, 4) is 5.75 Å². The zero-order valence-corrected chi connectivity index (χ0v) is 13.5. The predicted molar refractivity (Wildman–Crippen MR) is 85.2 cm³/mol. The lowest BCUT2D eigenvalue weighted by Gasteiger charge is -2.16. The van der Waals surface area contributed by atoms with Crippen molar-refractivity contribution in [2.75, 3.05) is 7.05 Å². The molecule has 0 fully saturated rings. The summed E-state index contributed by atoms with van der Waals surface area (Å²) in [6.07, 6.45) is 9.44. The molecule has 3 nitrogen and oxygen atoms in total. The van der Waals surface area contributed by atoms with Crippen LogP contribution in [0.1, 0.15) is 71.0 Å². The largest absolute Gasteiger partial charge is 0.489 e. The molecular formula is C17H30N2O. The monoisotopic (exact) mass is 278 g/mol.